The zero-order valence-electron chi connectivity index (χ0n) is 12.6. The van der Waals surface area contributed by atoms with Crippen molar-refractivity contribution in [3.63, 3.8) is 0 Å². The Hall–Kier alpha value is -0.850. The van der Waals surface area contributed by atoms with E-state index in [0.717, 1.165) is 50.0 Å². The Labute approximate surface area is 130 Å². The average Bonchev–Trinajstić information content (AvgIpc) is 2.56. The minimum absolute atomic E-state index is 0.132. The van der Waals surface area contributed by atoms with Gasteiger partial charge in [0.15, 0.2) is 5.16 Å². The van der Waals surface area contributed by atoms with Crippen LogP contribution in [0.3, 0.4) is 0 Å². The molecule has 1 aliphatic heterocycles. The van der Waals surface area contributed by atoms with Crippen LogP contribution in [0.1, 0.15) is 25.7 Å². The van der Waals surface area contributed by atoms with Crippen LogP contribution in [0.15, 0.2) is 17.4 Å². The molecule has 0 unspecified atom stereocenters. The van der Waals surface area contributed by atoms with E-state index in [9.17, 15) is 5.11 Å². The van der Waals surface area contributed by atoms with Gasteiger partial charge < -0.3 is 10.0 Å². The zero-order valence-corrected chi connectivity index (χ0v) is 13.4. The number of piperazine rings is 1. The van der Waals surface area contributed by atoms with Crippen molar-refractivity contribution in [1.29, 1.82) is 0 Å². The predicted octanol–water partition coefficient (Wildman–Crippen LogP) is 1.62. The highest BCUT2D eigenvalue weighted by Crippen LogP contribution is 2.25. The molecular weight excluding hydrogens is 284 g/mol. The molecule has 0 spiro atoms. The summed E-state index contributed by atoms with van der Waals surface area (Å²) in [5.41, 5.74) is 0. The summed E-state index contributed by atoms with van der Waals surface area (Å²) in [4.78, 5) is 13.6. The number of hydrogen-bond donors (Lipinski definition) is 1. The van der Waals surface area contributed by atoms with Crippen LogP contribution in [0.4, 0.5) is 5.82 Å². The molecule has 0 radical (unpaired) electrons. The molecule has 2 heterocycles. The van der Waals surface area contributed by atoms with Crippen LogP contribution in [0.5, 0.6) is 0 Å². The number of anilines is 1. The van der Waals surface area contributed by atoms with Gasteiger partial charge in [-0.25, -0.2) is 9.97 Å². The van der Waals surface area contributed by atoms with Gasteiger partial charge in [-0.1, -0.05) is 24.6 Å². The molecular formula is C15H24N4OS. The minimum Gasteiger partial charge on any atom is -0.391 e. The van der Waals surface area contributed by atoms with Crippen LogP contribution >= 0.6 is 11.8 Å². The van der Waals surface area contributed by atoms with Crippen molar-refractivity contribution in [1.82, 2.24) is 14.9 Å². The SMILES string of the molecule is CSc1nccc(N2CCN([C@@H]3CCCC[C@H]3O)CC2)n1. The molecule has 1 aromatic heterocycles. The molecule has 1 aliphatic carbocycles. The van der Waals surface area contributed by atoms with Crippen LogP contribution in [0, 0.1) is 0 Å². The normalized spacial score (nSPS) is 27.8. The molecule has 1 saturated carbocycles. The van der Waals surface area contributed by atoms with E-state index in [4.69, 9.17) is 0 Å². The topological polar surface area (TPSA) is 52.5 Å². The lowest BCUT2D eigenvalue weighted by molar-refractivity contribution is 0.0172. The maximum absolute atomic E-state index is 10.2. The Morgan fingerprint density at radius 1 is 1.19 bits per heavy atom. The Bertz CT molecular complexity index is 465. The largest absolute Gasteiger partial charge is 0.391 e. The van der Waals surface area contributed by atoms with Crippen LogP contribution < -0.4 is 4.90 Å². The smallest absolute Gasteiger partial charge is 0.189 e. The van der Waals surface area contributed by atoms with Gasteiger partial charge in [0, 0.05) is 38.4 Å². The van der Waals surface area contributed by atoms with Gasteiger partial charge in [-0.2, -0.15) is 0 Å². The maximum atomic E-state index is 10.2. The lowest BCUT2D eigenvalue weighted by Crippen LogP contribution is -2.54. The molecule has 1 saturated heterocycles. The number of aromatic nitrogens is 2. The van der Waals surface area contributed by atoms with E-state index in [1.54, 1.807) is 11.8 Å². The minimum atomic E-state index is -0.132. The van der Waals surface area contributed by atoms with Gasteiger partial charge in [-0.3, -0.25) is 4.90 Å². The molecule has 0 amide bonds. The first-order valence-electron chi connectivity index (χ1n) is 7.82. The van der Waals surface area contributed by atoms with Gasteiger partial charge in [-0.05, 0) is 25.2 Å². The lowest BCUT2D eigenvalue weighted by atomic mass is 9.91. The number of rotatable bonds is 3. The van der Waals surface area contributed by atoms with Crippen molar-refractivity contribution in [2.24, 2.45) is 0 Å². The summed E-state index contributed by atoms with van der Waals surface area (Å²) in [6, 6.07) is 2.36. The number of aliphatic hydroxyl groups is 1. The third kappa shape index (κ3) is 3.49. The molecule has 116 valence electrons. The van der Waals surface area contributed by atoms with Gasteiger partial charge in [0.1, 0.15) is 5.82 Å². The fourth-order valence-corrected chi connectivity index (χ4v) is 3.76. The molecule has 1 N–H and O–H groups in total. The molecule has 21 heavy (non-hydrogen) atoms. The highest BCUT2D eigenvalue weighted by Gasteiger charge is 2.31. The fourth-order valence-electron chi connectivity index (χ4n) is 3.41. The second-order valence-electron chi connectivity index (χ2n) is 5.84. The average molecular weight is 308 g/mol. The number of aliphatic hydroxyl groups excluding tert-OH is 1. The van der Waals surface area contributed by atoms with Crippen molar-refractivity contribution < 1.29 is 5.11 Å². The van der Waals surface area contributed by atoms with E-state index < -0.39 is 0 Å². The Kier molecular flexibility index (Phi) is 4.98. The van der Waals surface area contributed by atoms with E-state index in [0.29, 0.717) is 6.04 Å². The number of thioether (sulfide) groups is 1. The van der Waals surface area contributed by atoms with Crippen LogP contribution in [-0.4, -0.2) is 64.6 Å². The summed E-state index contributed by atoms with van der Waals surface area (Å²) in [7, 11) is 0. The summed E-state index contributed by atoms with van der Waals surface area (Å²) in [5.74, 6) is 1.03. The summed E-state index contributed by atoms with van der Waals surface area (Å²) >= 11 is 1.58. The van der Waals surface area contributed by atoms with Gasteiger partial charge in [0.25, 0.3) is 0 Å². The van der Waals surface area contributed by atoms with E-state index in [1.165, 1.54) is 12.8 Å². The molecule has 0 aromatic carbocycles. The van der Waals surface area contributed by atoms with Crippen molar-refractivity contribution in [2.45, 2.75) is 43.0 Å². The highest BCUT2D eigenvalue weighted by molar-refractivity contribution is 7.98. The number of hydrogen-bond acceptors (Lipinski definition) is 6. The third-order valence-corrected chi connectivity index (χ3v) is 5.16. The quantitative estimate of drug-likeness (QED) is 0.676. The summed E-state index contributed by atoms with van der Waals surface area (Å²) in [6.07, 6.45) is 8.25. The number of nitrogens with zero attached hydrogens (tertiary/aromatic N) is 4. The van der Waals surface area contributed by atoms with Crippen molar-refractivity contribution in [2.75, 3.05) is 37.3 Å². The fraction of sp³-hybridized carbons (Fsp3) is 0.733. The molecule has 3 rings (SSSR count). The molecule has 2 aliphatic rings. The van der Waals surface area contributed by atoms with Crippen LogP contribution in [0.2, 0.25) is 0 Å². The van der Waals surface area contributed by atoms with Crippen LogP contribution in [-0.2, 0) is 0 Å². The first-order chi connectivity index (χ1) is 10.3. The van der Waals surface area contributed by atoms with Gasteiger partial charge in [0.05, 0.1) is 6.10 Å². The maximum Gasteiger partial charge on any atom is 0.189 e. The molecule has 6 heteroatoms. The van der Waals surface area contributed by atoms with Gasteiger partial charge >= 0.3 is 0 Å². The molecule has 0 bridgehead atoms. The Morgan fingerprint density at radius 3 is 2.67 bits per heavy atom. The predicted molar refractivity (Wildman–Crippen MR) is 85.9 cm³/mol. The van der Waals surface area contributed by atoms with Gasteiger partial charge in [-0.15, -0.1) is 0 Å². The van der Waals surface area contributed by atoms with Crippen molar-refractivity contribution >= 4 is 17.6 Å². The van der Waals surface area contributed by atoms with Crippen LogP contribution in [0.25, 0.3) is 0 Å². The molecule has 5 nitrogen and oxygen atoms in total. The van der Waals surface area contributed by atoms with Gasteiger partial charge in [0.2, 0.25) is 0 Å². The Morgan fingerprint density at radius 2 is 1.95 bits per heavy atom. The Balaban J connectivity index is 1.59. The third-order valence-electron chi connectivity index (χ3n) is 4.60. The lowest BCUT2D eigenvalue weighted by Gasteiger charge is -2.43. The van der Waals surface area contributed by atoms with E-state index in [2.05, 4.69) is 19.8 Å². The molecule has 1 aromatic rings. The summed E-state index contributed by atoms with van der Waals surface area (Å²) in [6.45, 7) is 3.99. The first kappa shape index (κ1) is 15.1. The summed E-state index contributed by atoms with van der Waals surface area (Å²) in [5, 5.41) is 11.0. The molecule has 2 atom stereocenters. The summed E-state index contributed by atoms with van der Waals surface area (Å²) < 4.78 is 0. The first-order valence-corrected chi connectivity index (χ1v) is 9.04. The second kappa shape index (κ2) is 6.94. The van der Waals surface area contributed by atoms with E-state index >= 15 is 0 Å². The van der Waals surface area contributed by atoms with E-state index in [-0.39, 0.29) is 6.10 Å². The van der Waals surface area contributed by atoms with E-state index in [1.807, 2.05) is 18.5 Å². The molecule has 2 fully saturated rings. The highest BCUT2D eigenvalue weighted by atomic mass is 32.2. The van der Waals surface area contributed by atoms with Crippen molar-refractivity contribution in [3.8, 4) is 0 Å². The van der Waals surface area contributed by atoms with Crippen molar-refractivity contribution in [3.05, 3.63) is 12.3 Å². The standard InChI is InChI=1S/C15H24N4OS/c1-21-15-16-7-6-14(17-15)19-10-8-18(9-11-19)12-4-2-3-5-13(12)20/h6-7,12-13,20H,2-5,8-11H2,1H3/t12-,13-/m1/s1. The zero-order chi connectivity index (χ0) is 14.7. The monoisotopic (exact) mass is 308 g/mol. The second-order valence-corrected chi connectivity index (χ2v) is 6.62.